The molecule has 4 N–H and O–H groups in total. The molecule has 1 atom stereocenters. The number of alkyl halides is 1. The fourth-order valence-corrected chi connectivity index (χ4v) is 2.27. The van der Waals surface area contributed by atoms with Gasteiger partial charge in [0.2, 0.25) is 0 Å². The first-order chi connectivity index (χ1) is 6.58. The van der Waals surface area contributed by atoms with E-state index in [1.807, 2.05) is 29.0 Å². The number of hydrogen-bond acceptors (Lipinski definition) is 3. The Morgan fingerprint density at radius 1 is 1.50 bits per heavy atom. The lowest BCUT2D eigenvalue weighted by molar-refractivity contribution is 0.739. The molecule has 4 heteroatoms. The van der Waals surface area contributed by atoms with Gasteiger partial charge < -0.3 is 11.5 Å². The highest BCUT2D eigenvalue weighted by atomic mass is 35.5. The Kier molecular flexibility index (Phi) is 2.39. The Morgan fingerprint density at radius 2 is 2.29 bits per heavy atom. The molecule has 74 valence electrons. The maximum absolute atomic E-state index is 6.05. The highest BCUT2D eigenvalue weighted by Gasteiger charge is 2.23. The average Bonchev–Trinajstić information content (AvgIpc) is 2.62. The van der Waals surface area contributed by atoms with Crippen molar-refractivity contribution in [3.63, 3.8) is 0 Å². The molecule has 0 spiro atoms. The van der Waals surface area contributed by atoms with E-state index in [4.69, 9.17) is 23.1 Å². The Bertz CT molecular complexity index is 390. The normalized spacial score (nSPS) is 27.0. The lowest BCUT2D eigenvalue weighted by Crippen LogP contribution is -2.32. The lowest BCUT2D eigenvalue weighted by atomic mass is 9.96. The molecule has 0 fully saturated rings. The molecule has 1 aromatic heterocycles. The van der Waals surface area contributed by atoms with E-state index in [1.54, 1.807) is 11.3 Å². The summed E-state index contributed by atoms with van der Waals surface area (Å²) in [5, 5.41) is 4.04. The van der Waals surface area contributed by atoms with Crippen LogP contribution >= 0.6 is 22.9 Å². The van der Waals surface area contributed by atoms with Gasteiger partial charge in [0, 0.05) is 17.7 Å². The third kappa shape index (κ3) is 1.85. The van der Waals surface area contributed by atoms with E-state index < -0.39 is 5.00 Å². The summed E-state index contributed by atoms with van der Waals surface area (Å²) in [6.45, 7) is 0. The first kappa shape index (κ1) is 9.77. The van der Waals surface area contributed by atoms with Gasteiger partial charge in [-0.25, -0.2) is 0 Å². The van der Waals surface area contributed by atoms with E-state index in [0.717, 1.165) is 16.8 Å². The van der Waals surface area contributed by atoms with Crippen LogP contribution in [0.3, 0.4) is 0 Å². The van der Waals surface area contributed by atoms with Gasteiger partial charge in [-0.05, 0) is 28.5 Å². The Labute approximate surface area is 91.9 Å². The first-order valence-electron chi connectivity index (χ1n) is 4.28. The fraction of sp³-hybridized carbons (Fsp3) is 0.200. The number of allylic oxidation sites excluding steroid dienone is 1. The zero-order chi connectivity index (χ0) is 10.2. The van der Waals surface area contributed by atoms with Crippen LogP contribution in [-0.4, -0.2) is 5.00 Å². The smallest absolute Gasteiger partial charge is 0.114 e. The molecule has 0 bridgehead atoms. The second-order valence-electron chi connectivity index (χ2n) is 3.36. The first-order valence-corrected chi connectivity index (χ1v) is 5.60. The van der Waals surface area contributed by atoms with Crippen molar-refractivity contribution in [2.24, 2.45) is 11.5 Å². The molecule has 0 aliphatic heterocycles. The summed E-state index contributed by atoms with van der Waals surface area (Å²) in [4.78, 5) is -0.792. The van der Waals surface area contributed by atoms with E-state index >= 15 is 0 Å². The quantitative estimate of drug-likeness (QED) is 0.570. The Balaban J connectivity index is 2.42. The topological polar surface area (TPSA) is 52.0 Å². The molecule has 0 saturated carbocycles. The van der Waals surface area contributed by atoms with Gasteiger partial charge in [0.05, 0.1) is 0 Å². The van der Waals surface area contributed by atoms with Crippen molar-refractivity contribution in [2.75, 3.05) is 0 Å². The van der Waals surface area contributed by atoms with Crippen molar-refractivity contribution in [1.29, 1.82) is 0 Å². The largest absolute Gasteiger partial charge is 0.398 e. The maximum Gasteiger partial charge on any atom is 0.114 e. The van der Waals surface area contributed by atoms with Gasteiger partial charge >= 0.3 is 0 Å². The van der Waals surface area contributed by atoms with Crippen LogP contribution in [0.25, 0.3) is 5.57 Å². The third-order valence-electron chi connectivity index (χ3n) is 2.16. The van der Waals surface area contributed by atoms with Gasteiger partial charge in [-0.2, -0.15) is 11.3 Å². The molecular weight excluding hydrogens is 216 g/mol. The SMILES string of the molecule is NC1=CCC(N)(Cl)C=C1c1ccsc1. The summed E-state index contributed by atoms with van der Waals surface area (Å²) in [7, 11) is 0. The molecule has 0 saturated heterocycles. The molecule has 1 heterocycles. The Hall–Kier alpha value is -0.770. The van der Waals surface area contributed by atoms with Crippen molar-refractivity contribution in [3.8, 4) is 0 Å². The maximum atomic E-state index is 6.05. The second-order valence-corrected chi connectivity index (χ2v) is 4.84. The molecule has 0 aromatic carbocycles. The predicted octanol–water partition coefficient (Wildman–Crippen LogP) is 2.27. The summed E-state index contributed by atoms with van der Waals surface area (Å²) in [6.07, 6.45) is 4.28. The minimum atomic E-state index is -0.792. The summed E-state index contributed by atoms with van der Waals surface area (Å²) >= 11 is 7.68. The van der Waals surface area contributed by atoms with Gasteiger partial charge in [0.25, 0.3) is 0 Å². The predicted molar refractivity (Wildman–Crippen MR) is 62.0 cm³/mol. The molecule has 1 aliphatic rings. The summed E-state index contributed by atoms with van der Waals surface area (Å²) in [5.74, 6) is 0. The van der Waals surface area contributed by atoms with Crippen LogP contribution in [0.15, 0.2) is 34.7 Å². The molecule has 2 rings (SSSR count). The summed E-state index contributed by atoms with van der Waals surface area (Å²) in [5.41, 5.74) is 14.5. The van der Waals surface area contributed by atoms with Crippen LogP contribution in [0.4, 0.5) is 0 Å². The van der Waals surface area contributed by atoms with Crippen LogP contribution in [0.1, 0.15) is 12.0 Å². The summed E-state index contributed by atoms with van der Waals surface area (Å²) in [6, 6.07) is 2.01. The minimum absolute atomic E-state index is 0.577. The van der Waals surface area contributed by atoms with E-state index in [1.165, 1.54) is 0 Å². The molecule has 0 radical (unpaired) electrons. The van der Waals surface area contributed by atoms with Crippen molar-refractivity contribution < 1.29 is 0 Å². The van der Waals surface area contributed by atoms with Crippen molar-refractivity contribution in [2.45, 2.75) is 11.4 Å². The second kappa shape index (κ2) is 3.42. The van der Waals surface area contributed by atoms with Crippen LogP contribution in [0.5, 0.6) is 0 Å². The number of hydrogen-bond donors (Lipinski definition) is 2. The minimum Gasteiger partial charge on any atom is -0.398 e. The molecule has 1 unspecified atom stereocenters. The lowest BCUT2D eigenvalue weighted by Gasteiger charge is -2.23. The Morgan fingerprint density at radius 3 is 2.93 bits per heavy atom. The van der Waals surface area contributed by atoms with Crippen molar-refractivity contribution >= 4 is 28.5 Å². The standard InChI is InChI=1S/C10H11ClN2S/c11-10(13)3-1-9(12)8(5-10)7-2-4-14-6-7/h1-2,4-6H,3,12-13H2. The highest BCUT2D eigenvalue weighted by molar-refractivity contribution is 7.08. The number of halogens is 1. The molecule has 1 aliphatic carbocycles. The number of rotatable bonds is 1. The summed E-state index contributed by atoms with van der Waals surface area (Å²) < 4.78 is 0. The molecule has 1 aromatic rings. The van der Waals surface area contributed by atoms with Crippen LogP contribution in [-0.2, 0) is 0 Å². The van der Waals surface area contributed by atoms with Crippen LogP contribution < -0.4 is 11.5 Å². The van der Waals surface area contributed by atoms with Crippen molar-refractivity contribution in [1.82, 2.24) is 0 Å². The fourth-order valence-electron chi connectivity index (χ4n) is 1.43. The molecular formula is C10H11ClN2S. The molecule has 2 nitrogen and oxygen atoms in total. The van der Waals surface area contributed by atoms with Crippen LogP contribution in [0.2, 0.25) is 0 Å². The van der Waals surface area contributed by atoms with Gasteiger partial charge in [-0.15, -0.1) is 0 Å². The number of thiophene rings is 1. The molecule has 14 heavy (non-hydrogen) atoms. The van der Waals surface area contributed by atoms with Gasteiger partial charge in [0.15, 0.2) is 0 Å². The third-order valence-corrected chi connectivity index (χ3v) is 3.11. The van der Waals surface area contributed by atoms with Crippen molar-refractivity contribution in [3.05, 3.63) is 40.2 Å². The monoisotopic (exact) mass is 226 g/mol. The number of nitrogens with two attached hydrogens (primary N) is 2. The van der Waals surface area contributed by atoms with E-state index in [-0.39, 0.29) is 0 Å². The van der Waals surface area contributed by atoms with Gasteiger partial charge in [-0.3, -0.25) is 0 Å². The molecule has 0 amide bonds. The van der Waals surface area contributed by atoms with Gasteiger partial charge in [-0.1, -0.05) is 17.7 Å². The van der Waals surface area contributed by atoms with Crippen LogP contribution in [0, 0.1) is 0 Å². The average molecular weight is 227 g/mol. The highest BCUT2D eigenvalue weighted by Crippen LogP contribution is 2.32. The van der Waals surface area contributed by atoms with E-state index in [9.17, 15) is 0 Å². The zero-order valence-electron chi connectivity index (χ0n) is 7.53. The zero-order valence-corrected chi connectivity index (χ0v) is 9.11. The van der Waals surface area contributed by atoms with E-state index in [2.05, 4.69) is 0 Å². The van der Waals surface area contributed by atoms with E-state index in [0.29, 0.717) is 6.42 Å². The van der Waals surface area contributed by atoms with Gasteiger partial charge in [0.1, 0.15) is 5.00 Å².